The van der Waals surface area contributed by atoms with E-state index in [-0.39, 0.29) is 12.0 Å². The number of hydrogen-bond donors (Lipinski definition) is 1. The topological polar surface area (TPSA) is 32.7 Å². The van der Waals surface area contributed by atoms with Gasteiger partial charge in [-0.3, -0.25) is 4.90 Å². The second-order valence-electron chi connectivity index (χ2n) is 6.01. The highest BCUT2D eigenvalue weighted by Gasteiger charge is 2.37. The Bertz CT molecular complexity index is 496. The van der Waals surface area contributed by atoms with E-state index in [0.29, 0.717) is 26.3 Å². The molecule has 2 atom stereocenters. The van der Waals surface area contributed by atoms with Crippen molar-refractivity contribution in [3.05, 3.63) is 35.4 Å². The first-order valence-corrected chi connectivity index (χ1v) is 7.43. The van der Waals surface area contributed by atoms with E-state index in [2.05, 4.69) is 0 Å². The van der Waals surface area contributed by atoms with E-state index in [1.54, 1.807) is 19.9 Å². The molecule has 0 bridgehead atoms. The van der Waals surface area contributed by atoms with Gasteiger partial charge in [-0.05, 0) is 30.9 Å². The summed E-state index contributed by atoms with van der Waals surface area (Å²) in [5.41, 5.74) is -1.55. The van der Waals surface area contributed by atoms with Crippen LogP contribution in [0.3, 0.4) is 0 Å². The van der Waals surface area contributed by atoms with Crippen LogP contribution in [-0.2, 0) is 10.9 Å². The molecule has 124 valence electrons. The molecule has 0 aliphatic carbocycles. The third-order valence-corrected chi connectivity index (χ3v) is 4.18. The maximum atomic E-state index is 13.1. The van der Waals surface area contributed by atoms with E-state index in [1.807, 2.05) is 4.90 Å². The van der Waals surface area contributed by atoms with Crippen LogP contribution in [0, 0.1) is 0 Å². The lowest BCUT2D eigenvalue weighted by atomic mass is 9.88. The number of nitrogens with zero attached hydrogens (tertiary/aromatic N) is 1. The van der Waals surface area contributed by atoms with Crippen LogP contribution in [0.2, 0.25) is 0 Å². The summed E-state index contributed by atoms with van der Waals surface area (Å²) in [6.07, 6.45) is -4.14. The first kappa shape index (κ1) is 17.2. The van der Waals surface area contributed by atoms with E-state index in [0.717, 1.165) is 6.07 Å². The van der Waals surface area contributed by atoms with Gasteiger partial charge in [-0.1, -0.05) is 25.1 Å². The first-order chi connectivity index (χ1) is 10.2. The fraction of sp³-hybridized carbons (Fsp3) is 0.625. The molecule has 1 aromatic carbocycles. The van der Waals surface area contributed by atoms with E-state index < -0.39 is 23.4 Å². The summed E-state index contributed by atoms with van der Waals surface area (Å²) in [4.78, 5) is 1.86. The summed E-state index contributed by atoms with van der Waals surface area (Å²) in [7, 11) is 0. The van der Waals surface area contributed by atoms with Gasteiger partial charge in [0.25, 0.3) is 0 Å². The van der Waals surface area contributed by atoms with Gasteiger partial charge in [0.05, 0.1) is 18.8 Å². The summed E-state index contributed by atoms with van der Waals surface area (Å²) >= 11 is 0. The highest BCUT2D eigenvalue weighted by atomic mass is 19.4. The van der Waals surface area contributed by atoms with E-state index >= 15 is 0 Å². The molecule has 1 N–H and O–H groups in total. The number of ether oxygens (including phenoxy) is 1. The van der Waals surface area contributed by atoms with Crippen LogP contribution in [0.5, 0.6) is 0 Å². The second kappa shape index (κ2) is 6.56. The lowest BCUT2D eigenvalue weighted by Crippen LogP contribution is -2.52. The van der Waals surface area contributed by atoms with Gasteiger partial charge in [0.1, 0.15) is 5.72 Å². The molecule has 1 fully saturated rings. The zero-order valence-corrected chi connectivity index (χ0v) is 12.9. The molecule has 1 heterocycles. The molecule has 0 radical (unpaired) electrons. The van der Waals surface area contributed by atoms with Crippen LogP contribution in [0.25, 0.3) is 0 Å². The maximum Gasteiger partial charge on any atom is 0.416 e. The van der Waals surface area contributed by atoms with Gasteiger partial charge in [-0.25, -0.2) is 0 Å². The third kappa shape index (κ3) is 4.00. The number of hydrogen-bond acceptors (Lipinski definition) is 3. The summed E-state index contributed by atoms with van der Waals surface area (Å²) in [6, 6.07) is 5.57. The summed E-state index contributed by atoms with van der Waals surface area (Å²) in [5, 5.41) is 10.7. The Morgan fingerprint density at radius 2 is 1.82 bits per heavy atom. The van der Waals surface area contributed by atoms with Crippen molar-refractivity contribution < 1.29 is 23.0 Å². The zero-order valence-electron chi connectivity index (χ0n) is 12.9. The molecule has 1 aliphatic rings. The standard InChI is InChI=1S/C16H22F3NO2/c1-12(11-15(2,21)20-7-9-22-10-8-20)13-5-3-4-6-14(13)16(17,18)19/h3-6,12,21H,7-11H2,1-2H3. The lowest BCUT2D eigenvalue weighted by molar-refractivity contribution is -0.142. The summed E-state index contributed by atoms with van der Waals surface area (Å²) < 4.78 is 44.6. The number of morpholine rings is 1. The minimum Gasteiger partial charge on any atom is -0.379 e. The minimum atomic E-state index is -4.38. The first-order valence-electron chi connectivity index (χ1n) is 7.43. The molecule has 1 saturated heterocycles. The molecule has 22 heavy (non-hydrogen) atoms. The van der Waals surface area contributed by atoms with Crippen molar-refractivity contribution in [3.63, 3.8) is 0 Å². The molecule has 6 heteroatoms. The molecular weight excluding hydrogens is 295 g/mol. The Labute approximate surface area is 128 Å². The average molecular weight is 317 g/mol. The van der Waals surface area contributed by atoms with Crippen LogP contribution in [0.1, 0.15) is 37.3 Å². The molecule has 2 rings (SSSR count). The number of rotatable bonds is 4. The summed E-state index contributed by atoms with van der Waals surface area (Å²) in [5.74, 6) is -0.407. The molecule has 3 nitrogen and oxygen atoms in total. The van der Waals surface area contributed by atoms with Crippen LogP contribution in [0.4, 0.5) is 13.2 Å². The van der Waals surface area contributed by atoms with Gasteiger partial charge < -0.3 is 9.84 Å². The highest BCUT2D eigenvalue weighted by molar-refractivity contribution is 5.32. The fourth-order valence-electron chi connectivity index (χ4n) is 3.05. The van der Waals surface area contributed by atoms with Crippen molar-refractivity contribution in [2.75, 3.05) is 26.3 Å². The van der Waals surface area contributed by atoms with Gasteiger partial charge in [-0.15, -0.1) is 0 Å². The number of alkyl halides is 3. The Morgan fingerprint density at radius 3 is 2.41 bits per heavy atom. The Balaban J connectivity index is 2.16. The molecule has 1 aliphatic heterocycles. The van der Waals surface area contributed by atoms with Gasteiger partial charge in [0.15, 0.2) is 0 Å². The highest BCUT2D eigenvalue weighted by Crippen LogP contribution is 2.38. The van der Waals surface area contributed by atoms with Crippen molar-refractivity contribution in [2.24, 2.45) is 0 Å². The fourth-order valence-corrected chi connectivity index (χ4v) is 3.05. The quantitative estimate of drug-likeness (QED) is 0.925. The minimum absolute atomic E-state index is 0.225. The monoisotopic (exact) mass is 317 g/mol. The van der Waals surface area contributed by atoms with Crippen molar-refractivity contribution >= 4 is 0 Å². The predicted molar refractivity (Wildman–Crippen MR) is 77.5 cm³/mol. The number of halogens is 3. The van der Waals surface area contributed by atoms with Crippen molar-refractivity contribution in [3.8, 4) is 0 Å². The maximum absolute atomic E-state index is 13.1. The van der Waals surface area contributed by atoms with Gasteiger partial charge >= 0.3 is 6.18 Å². The van der Waals surface area contributed by atoms with Crippen LogP contribution < -0.4 is 0 Å². The van der Waals surface area contributed by atoms with E-state index in [4.69, 9.17) is 4.74 Å². The van der Waals surface area contributed by atoms with Crippen molar-refractivity contribution in [1.29, 1.82) is 0 Å². The van der Waals surface area contributed by atoms with E-state index in [1.165, 1.54) is 12.1 Å². The van der Waals surface area contributed by atoms with Crippen molar-refractivity contribution in [1.82, 2.24) is 4.90 Å². The smallest absolute Gasteiger partial charge is 0.379 e. The van der Waals surface area contributed by atoms with Gasteiger partial charge in [0, 0.05) is 13.1 Å². The SMILES string of the molecule is CC(CC(C)(O)N1CCOCC1)c1ccccc1C(F)(F)F. The second-order valence-corrected chi connectivity index (χ2v) is 6.01. The molecule has 0 spiro atoms. The van der Waals surface area contributed by atoms with Crippen LogP contribution >= 0.6 is 0 Å². The molecule has 0 saturated carbocycles. The van der Waals surface area contributed by atoms with Crippen LogP contribution in [-0.4, -0.2) is 42.0 Å². The Hall–Kier alpha value is -1.11. The van der Waals surface area contributed by atoms with Crippen LogP contribution in [0.15, 0.2) is 24.3 Å². The largest absolute Gasteiger partial charge is 0.416 e. The van der Waals surface area contributed by atoms with Gasteiger partial charge in [-0.2, -0.15) is 13.2 Å². The zero-order chi connectivity index (χ0) is 16.4. The molecule has 2 unspecified atom stereocenters. The average Bonchev–Trinajstić information content (AvgIpc) is 2.47. The van der Waals surface area contributed by atoms with Gasteiger partial charge in [0.2, 0.25) is 0 Å². The normalized spacial score (nSPS) is 21.4. The molecule has 1 aromatic rings. The third-order valence-electron chi connectivity index (χ3n) is 4.18. The number of benzene rings is 1. The van der Waals surface area contributed by atoms with E-state index in [9.17, 15) is 18.3 Å². The van der Waals surface area contributed by atoms with Crippen molar-refractivity contribution in [2.45, 2.75) is 38.1 Å². The molecule has 0 aromatic heterocycles. The number of aliphatic hydroxyl groups is 1. The predicted octanol–water partition coefficient (Wildman–Crippen LogP) is 3.24. The summed E-state index contributed by atoms with van der Waals surface area (Å²) in [6.45, 7) is 5.61. The lowest BCUT2D eigenvalue weighted by Gasteiger charge is -2.41. The molecular formula is C16H22F3NO2. The Morgan fingerprint density at radius 1 is 1.23 bits per heavy atom. The Kier molecular flexibility index (Phi) is 5.14. The molecule has 0 amide bonds.